The van der Waals surface area contributed by atoms with Crippen LogP contribution in [0.4, 0.5) is 4.79 Å². The number of carbonyl (C=O) groups is 2. The molecule has 0 aromatic heterocycles. The van der Waals surface area contributed by atoms with Crippen LogP contribution in [0.25, 0.3) is 0 Å². The third-order valence-corrected chi connectivity index (χ3v) is 4.72. The van der Waals surface area contributed by atoms with Gasteiger partial charge in [0.1, 0.15) is 6.61 Å². The number of amides is 1. The summed E-state index contributed by atoms with van der Waals surface area (Å²) in [6.45, 7) is 3.76. The normalized spacial score (nSPS) is 31.2. The number of ether oxygens (including phenoxy) is 2. The standard InChI is InChI=1S/C16H19NO5/c1-14(2)16(9-15(10-16,22-14)12(18)19)17-13(20)21-8-11-6-4-3-5-7-11/h3-7H,8-10H2,1-2H3,(H,17,20)(H,18,19). The van der Waals surface area contributed by atoms with E-state index in [0.29, 0.717) is 0 Å². The van der Waals surface area contributed by atoms with Crippen LogP contribution in [0, 0.1) is 0 Å². The summed E-state index contributed by atoms with van der Waals surface area (Å²) in [6, 6.07) is 9.37. The molecule has 1 amide bonds. The molecule has 4 rings (SSSR count). The molecule has 6 heteroatoms. The number of hydrogen-bond donors (Lipinski definition) is 2. The maximum Gasteiger partial charge on any atom is 0.408 e. The Hall–Kier alpha value is -2.08. The molecule has 1 aromatic rings. The number of carboxylic acid groups (broad SMARTS) is 1. The molecule has 118 valence electrons. The van der Waals surface area contributed by atoms with Crippen molar-refractivity contribution in [1.29, 1.82) is 0 Å². The second-order valence-electron chi connectivity index (χ2n) is 6.53. The highest BCUT2D eigenvalue weighted by Crippen LogP contribution is 2.60. The van der Waals surface area contributed by atoms with E-state index >= 15 is 0 Å². The van der Waals surface area contributed by atoms with Gasteiger partial charge in [-0.3, -0.25) is 0 Å². The minimum Gasteiger partial charge on any atom is -0.479 e. The first-order chi connectivity index (χ1) is 10.3. The van der Waals surface area contributed by atoms with Gasteiger partial charge in [-0.25, -0.2) is 9.59 Å². The molecule has 3 aliphatic rings. The van der Waals surface area contributed by atoms with Crippen molar-refractivity contribution in [3.63, 3.8) is 0 Å². The van der Waals surface area contributed by atoms with Gasteiger partial charge in [0.05, 0.1) is 11.1 Å². The molecular weight excluding hydrogens is 286 g/mol. The average molecular weight is 305 g/mol. The lowest BCUT2D eigenvalue weighted by Gasteiger charge is -2.44. The van der Waals surface area contributed by atoms with Crippen LogP contribution in [0.3, 0.4) is 0 Å². The van der Waals surface area contributed by atoms with Gasteiger partial charge in [0.15, 0.2) is 5.60 Å². The lowest BCUT2D eigenvalue weighted by molar-refractivity contribution is -0.167. The second-order valence-corrected chi connectivity index (χ2v) is 6.53. The van der Waals surface area contributed by atoms with Crippen molar-refractivity contribution in [2.75, 3.05) is 0 Å². The van der Waals surface area contributed by atoms with Crippen LogP contribution >= 0.6 is 0 Å². The summed E-state index contributed by atoms with van der Waals surface area (Å²) in [7, 11) is 0. The maximum absolute atomic E-state index is 12.0. The van der Waals surface area contributed by atoms with E-state index < -0.39 is 28.8 Å². The zero-order valence-electron chi connectivity index (χ0n) is 12.6. The molecule has 2 bridgehead atoms. The van der Waals surface area contributed by atoms with Crippen LogP contribution in [0.5, 0.6) is 0 Å². The van der Waals surface area contributed by atoms with Gasteiger partial charge in [0.25, 0.3) is 0 Å². The lowest BCUT2D eigenvalue weighted by atomic mass is 9.62. The molecule has 0 radical (unpaired) electrons. The fourth-order valence-electron chi connectivity index (χ4n) is 3.40. The van der Waals surface area contributed by atoms with Crippen LogP contribution in [-0.4, -0.2) is 33.9 Å². The van der Waals surface area contributed by atoms with Crippen molar-refractivity contribution in [2.24, 2.45) is 0 Å². The molecule has 2 heterocycles. The highest BCUT2D eigenvalue weighted by Gasteiger charge is 2.75. The maximum atomic E-state index is 12.0. The number of benzene rings is 1. The molecule has 0 atom stereocenters. The molecule has 1 aliphatic carbocycles. The first-order valence-corrected chi connectivity index (χ1v) is 7.21. The average Bonchev–Trinajstić information content (AvgIpc) is 2.78. The molecular formula is C16H19NO5. The first-order valence-electron chi connectivity index (χ1n) is 7.21. The summed E-state index contributed by atoms with van der Waals surface area (Å²) in [6.07, 6.45) is -0.0210. The van der Waals surface area contributed by atoms with Crippen molar-refractivity contribution < 1.29 is 24.2 Å². The summed E-state index contributed by atoms with van der Waals surface area (Å²) in [4.78, 5) is 23.3. The summed E-state index contributed by atoms with van der Waals surface area (Å²) in [5, 5.41) is 12.1. The van der Waals surface area contributed by atoms with E-state index in [4.69, 9.17) is 9.47 Å². The molecule has 6 nitrogen and oxygen atoms in total. The van der Waals surface area contributed by atoms with E-state index in [9.17, 15) is 14.7 Å². The number of aliphatic carboxylic acids is 1. The zero-order chi connectivity index (χ0) is 16.0. The SMILES string of the molecule is CC1(C)OC2(C(=O)O)CC1(NC(=O)OCc1ccccc1)C2. The smallest absolute Gasteiger partial charge is 0.408 e. The Morgan fingerprint density at radius 1 is 1.27 bits per heavy atom. The third kappa shape index (κ3) is 2.14. The Morgan fingerprint density at radius 2 is 1.91 bits per heavy atom. The quantitative estimate of drug-likeness (QED) is 0.889. The highest BCUT2D eigenvalue weighted by molar-refractivity contribution is 5.82. The van der Waals surface area contributed by atoms with Crippen LogP contribution < -0.4 is 5.32 Å². The molecule has 0 spiro atoms. The van der Waals surface area contributed by atoms with Gasteiger partial charge in [0, 0.05) is 12.8 Å². The number of carbonyl (C=O) groups excluding carboxylic acids is 1. The van der Waals surface area contributed by atoms with E-state index in [1.54, 1.807) is 13.8 Å². The van der Waals surface area contributed by atoms with E-state index in [1.165, 1.54) is 0 Å². The molecule has 2 N–H and O–H groups in total. The Bertz CT molecular complexity index is 604. The van der Waals surface area contributed by atoms with Crippen LogP contribution in [0.15, 0.2) is 30.3 Å². The topological polar surface area (TPSA) is 84.9 Å². The van der Waals surface area contributed by atoms with Gasteiger partial charge in [-0.2, -0.15) is 0 Å². The Balaban J connectivity index is 1.62. The minimum atomic E-state index is -1.17. The number of fused-ring (bicyclic) bond motifs is 1. The molecule has 0 unspecified atom stereocenters. The Labute approximate surface area is 128 Å². The largest absolute Gasteiger partial charge is 0.479 e. The predicted molar refractivity (Wildman–Crippen MR) is 77.3 cm³/mol. The van der Waals surface area contributed by atoms with E-state index in [2.05, 4.69) is 5.32 Å². The van der Waals surface area contributed by atoms with E-state index in [-0.39, 0.29) is 19.4 Å². The van der Waals surface area contributed by atoms with Gasteiger partial charge in [-0.1, -0.05) is 30.3 Å². The van der Waals surface area contributed by atoms with Crippen LogP contribution in [0.2, 0.25) is 0 Å². The Kier molecular flexibility index (Phi) is 3.18. The van der Waals surface area contributed by atoms with Crippen molar-refractivity contribution in [3.05, 3.63) is 35.9 Å². The predicted octanol–water partition coefficient (Wildman–Crippen LogP) is 2.08. The fourth-order valence-corrected chi connectivity index (χ4v) is 3.40. The monoisotopic (exact) mass is 305 g/mol. The van der Waals surface area contributed by atoms with E-state index in [0.717, 1.165) is 5.56 Å². The lowest BCUT2D eigenvalue weighted by Crippen LogP contribution is -2.66. The zero-order valence-corrected chi connectivity index (χ0v) is 12.6. The number of alkyl carbamates (subject to hydrolysis) is 1. The van der Waals surface area contributed by atoms with Gasteiger partial charge in [-0.05, 0) is 19.4 Å². The van der Waals surface area contributed by atoms with Gasteiger partial charge < -0.3 is 19.9 Å². The van der Waals surface area contributed by atoms with Crippen molar-refractivity contribution >= 4 is 12.1 Å². The summed E-state index contributed by atoms with van der Waals surface area (Å²) >= 11 is 0. The number of carboxylic acids is 1. The summed E-state index contributed by atoms with van der Waals surface area (Å²) in [5.41, 5.74) is -1.70. The molecule has 2 aliphatic heterocycles. The molecule has 2 saturated heterocycles. The van der Waals surface area contributed by atoms with Crippen molar-refractivity contribution in [2.45, 2.75) is 50.0 Å². The van der Waals surface area contributed by atoms with E-state index in [1.807, 2.05) is 30.3 Å². The second kappa shape index (κ2) is 4.71. The number of rotatable bonds is 4. The number of hydrogen-bond acceptors (Lipinski definition) is 4. The van der Waals surface area contributed by atoms with Crippen LogP contribution in [0.1, 0.15) is 32.3 Å². The number of nitrogens with one attached hydrogen (secondary N) is 1. The first kappa shape index (κ1) is 14.8. The highest BCUT2D eigenvalue weighted by atomic mass is 16.6. The molecule has 22 heavy (non-hydrogen) atoms. The Morgan fingerprint density at radius 3 is 2.45 bits per heavy atom. The van der Waals surface area contributed by atoms with Gasteiger partial charge in [0.2, 0.25) is 0 Å². The molecule has 3 fully saturated rings. The molecule has 1 aromatic carbocycles. The fraction of sp³-hybridized carbons (Fsp3) is 0.500. The van der Waals surface area contributed by atoms with Crippen molar-refractivity contribution in [3.8, 4) is 0 Å². The van der Waals surface area contributed by atoms with Gasteiger partial charge >= 0.3 is 12.1 Å². The summed E-state index contributed by atoms with van der Waals surface area (Å²) in [5.74, 6) is -0.979. The minimum absolute atomic E-state index is 0.175. The third-order valence-electron chi connectivity index (χ3n) is 4.72. The molecule has 1 saturated carbocycles. The van der Waals surface area contributed by atoms with Gasteiger partial charge in [-0.15, -0.1) is 0 Å². The summed E-state index contributed by atoms with van der Waals surface area (Å²) < 4.78 is 10.9. The van der Waals surface area contributed by atoms with Crippen molar-refractivity contribution in [1.82, 2.24) is 5.32 Å². The van der Waals surface area contributed by atoms with Crippen LogP contribution in [-0.2, 0) is 20.9 Å².